The van der Waals surface area contributed by atoms with Crippen LogP contribution in [0.1, 0.15) is 12.0 Å². The van der Waals surface area contributed by atoms with Gasteiger partial charge in [-0.25, -0.2) is 12.7 Å². The van der Waals surface area contributed by atoms with Gasteiger partial charge in [0.2, 0.25) is 15.9 Å². The SMILES string of the molecule is CN(C)S(=O)(=O)c1ccccc1CN1C[C@@H](C(=O)O)CC1=O. The van der Waals surface area contributed by atoms with Gasteiger partial charge in [0, 0.05) is 33.6 Å². The van der Waals surface area contributed by atoms with Crippen LogP contribution >= 0.6 is 0 Å². The van der Waals surface area contributed by atoms with Gasteiger partial charge in [-0.2, -0.15) is 0 Å². The maximum absolute atomic E-state index is 12.3. The summed E-state index contributed by atoms with van der Waals surface area (Å²) < 4.78 is 25.7. The third-order valence-electron chi connectivity index (χ3n) is 3.66. The standard InChI is InChI=1S/C14H18N2O5S/c1-15(2)22(20,21)12-6-4-3-5-10(12)8-16-9-11(14(18)19)7-13(16)17/h3-6,11H,7-9H2,1-2H3,(H,18,19)/t11-/m0/s1. The topological polar surface area (TPSA) is 95.0 Å². The first-order valence-electron chi connectivity index (χ1n) is 6.74. The molecule has 0 aromatic heterocycles. The van der Waals surface area contributed by atoms with Crippen molar-refractivity contribution in [3.05, 3.63) is 29.8 Å². The highest BCUT2D eigenvalue weighted by Gasteiger charge is 2.35. The molecule has 2 rings (SSSR count). The van der Waals surface area contributed by atoms with Crippen LogP contribution in [0.25, 0.3) is 0 Å². The van der Waals surface area contributed by atoms with Gasteiger partial charge in [0.15, 0.2) is 0 Å². The smallest absolute Gasteiger partial charge is 0.308 e. The van der Waals surface area contributed by atoms with E-state index in [-0.39, 0.29) is 30.3 Å². The summed E-state index contributed by atoms with van der Waals surface area (Å²) in [7, 11) is -0.741. The Balaban J connectivity index is 2.29. The summed E-state index contributed by atoms with van der Waals surface area (Å²) in [6.45, 7) is 0.191. The van der Waals surface area contributed by atoms with Crippen molar-refractivity contribution in [2.45, 2.75) is 17.9 Å². The number of hydrogen-bond acceptors (Lipinski definition) is 4. The number of nitrogens with zero attached hydrogens (tertiary/aromatic N) is 2. The quantitative estimate of drug-likeness (QED) is 0.843. The fourth-order valence-corrected chi connectivity index (χ4v) is 3.49. The van der Waals surface area contributed by atoms with Gasteiger partial charge in [-0.05, 0) is 11.6 Å². The summed E-state index contributed by atoms with van der Waals surface area (Å²) >= 11 is 0. The average Bonchev–Trinajstić information content (AvgIpc) is 2.81. The Labute approximate surface area is 129 Å². The molecule has 1 aliphatic rings. The van der Waals surface area contributed by atoms with E-state index < -0.39 is 21.9 Å². The maximum Gasteiger partial charge on any atom is 0.308 e. The van der Waals surface area contributed by atoms with E-state index in [0.29, 0.717) is 5.56 Å². The number of carbonyl (C=O) groups excluding carboxylic acids is 1. The molecule has 0 aliphatic carbocycles. The number of hydrogen-bond donors (Lipinski definition) is 1. The molecule has 8 heteroatoms. The van der Waals surface area contributed by atoms with E-state index >= 15 is 0 Å². The second-order valence-electron chi connectivity index (χ2n) is 5.41. The first kappa shape index (κ1) is 16.4. The van der Waals surface area contributed by atoms with Crippen molar-refractivity contribution in [3.63, 3.8) is 0 Å². The molecule has 0 bridgehead atoms. The van der Waals surface area contributed by atoms with Crippen LogP contribution in [0.5, 0.6) is 0 Å². The van der Waals surface area contributed by atoms with E-state index in [0.717, 1.165) is 4.31 Å². The van der Waals surface area contributed by atoms with Crippen LogP contribution in [0.3, 0.4) is 0 Å². The average molecular weight is 326 g/mol. The lowest BCUT2D eigenvalue weighted by molar-refractivity contribution is -0.141. The van der Waals surface area contributed by atoms with Crippen molar-refractivity contribution in [1.82, 2.24) is 9.21 Å². The Hall–Kier alpha value is -1.93. The third-order valence-corrected chi connectivity index (χ3v) is 5.57. The van der Waals surface area contributed by atoms with Gasteiger partial charge in [0.1, 0.15) is 0 Å². The molecule has 22 heavy (non-hydrogen) atoms. The number of aliphatic carboxylic acids is 1. The van der Waals surface area contributed by atoms with Gasteiger partial charge in [-0.3, -0.25) is 9.59 Å². The zero-order valence-corrected chi connectivity index (χ0v) is 13.2. The zero-order valence-electron chi connectivity index (χ0n) is 12.4. The molecule has 7 nitrogen and oxygen atoms in total. The number of rotatable bonds is 5. The molecule has 1 aliphatic heterocycles. The lowest BCUT2D eigenvalue weighted by Gasteiger charge is -2.20. The summed E-state index contributed by atoms with van der Waals surface area (Å²) in [5, 5.41) is 8.99. The predicted octanol–water partition coefficient (Wildman–Crippen LogP) is 0.370. The first-order valence-corrected chi connectivity index (χ1v) is 8.18. The predicted molar refractivity (Wildman–Crippen MR) is 78.5 cm³/mol. The number of amides is 1. The lowest BCUT2D eigenvalue weighted by Crippen LogP contribution is -2.28. The molecule has 1 N–H and O–H groups in total. The van der Waals surface area contributed by atoms with Crippen molar-refractivity contribution in [2.24, 2.45) is 5.92 Å². The van der Waals surface area contributed by atoms with Crippen LogP contribution in [-0.4, -0.2) is 55.2 Å². The molecule has 0 spiro atoms. The number of carboxylic acids is 1. The fourth-order valence-electron chi connectivity index (χ4n) is 2.38. The van der Waals surface area contributed by atoms with Gasteiger partial charge in [-0.1, -0.05) is 18.2 Å². The molecular weight excluding hydrogens is 308 g/mol. The zero-order chi connectivity index (χ0) is 16.5. The molecule has 1 aromatic rings. The molecular formula is C14H18N2O5S. The highest BCUT2D eigenvalue weighted by molar-refractivity contribution is 7.89. The Morgan fingerprint density at radius 1 is 1.36 bits per heavy atom. The second-order valence-corrected chi connectivity index (χ2v) is 7.53. The molecule has 1 amide bonds. The fraction of sp³-hybridized carbons (Fsp3) is 0.429. The Bertz CT molecular complexity index is 699. The van der Waals surface area contributed by atoms with Crippen LogP contribution < -0.4 is 0 Å². The highest BCUT2D eigenvalue weighted by atomic mass is 32.2. The van der Waals surface area contributed by atoms with E-state index in [4.69, 9.17) is 5.11 Å². The number of sulfonamides is 1. The molecule has 0 saturated carbocycles. The highest BCUT2D eigenvalue weighted by Crippen LogP contribution is 2.24. The van der Waals surface area contributed by atoms with Gasteiger partial charge >= 0.3 is 5.97 Å². The summed E-state index contributed by atoms with van der Waals surface area (Å²) in [6, 6.07) is 6.43. The van der Waals surface area contributed by atoms with Crippen LogP contribution in [0.15, 0.2) is 29.2 Å². The van der Waals surface area contributed by atoms with E-state index in [1.165, 1.54) is 25.1 Å². The van der Waals surface area contributed by atoms with Crippen LogP contribution in [0.2, 0.25) is 0 Å². The number of likely N-dealkylation sites (tertiary alicyclic amines) is 1. The first-order chi connectivity index (χ1) is 10.2. The lowest BCUT2D eigenvalue weighted by atomic mass is 10.1. The van der Waals surface area contributed by atoms with E-state index in [9.17, 15) is 18.0 Å². The normalized spacial score (nSPS) is 19.0. The minimum Gasteiger partial charge on any atom is -0.481 e. The van der Waals surface area contributed by atoms with Crippen molar-refractivity contribution in [2.75, 3.05) is 20.6 Å². The Morgan fingerprint density at radius 3 is 2.55 bits per heavy atom. The largest absolute Gasteiger partial charge is 0.481 e. The summed E-state index contributed by atoms with van der Waals surface area (Å²) in [4.78, 5) is 24.4. The minimum absolute atomic E-state index is 0.0437. The van der Waals surface area contributed by atoms with Gasteiger partial charge in [0.05, 0.1) is 10.8 Å². The number of carboxylic acid groups (broad SMARTS) is 1. The van der Waals surface area contributed by atoms with E-state index in [1.54, 1.807) is 18.2 Å². The Kier molecular flexibility index (Phi) is 4.52. The number of benzene rings is 1. The molecule has 1 heterocycles. The van der Waals surface area contributed by atoms with Crippen molar-refractivity contribution in [3.8, 4) is 0 Å². The molecule has 1 aromatic carbocycles. The summed E-state index contributed by atoms with van der Waals surface area (Å²) in [6.07, 6.45) is -0.0437. The molecule has 0 unspecified atom stereocenters. The van der Waals surface area contributed by atoms with Gasteiger partial charge in [0.25, 0.3) is 0 Å². The molecule has 1 atom stereocenters. The van der Waals surface area contributed by atoms with E-state index in [2.05, 4.69) is 0 Å². The third kappa shape index (κ3) is 3.12. The van der Waals surface area contributed by atoms with Crippen molar-refractivity contribution >= 4 is 21.9 Å². The maximum atomic E-state index is 12.3. The molecule has 120 valence electrons. The summed E-state index contributed by atoms with van der Waals surface area (Å²) in [5.74, 6) is -2.01. The van der Waals surface area contributed by atoms with E-state index in [1.807, 2.05) is 0 Å². The molecule has 1 fully saturated rings. The van der Waals surface area contributed by atoms with Crippen LogP contribution in [0.4, 0.5) is 0 Å². The Morgan fingerprint density at radius 2 is 2.00 bits per heavy atom. The number of carbonyl (C=O) groups is 2. The van der Waals surface area contributed by atoms with Crippen LogP contribution in [-0.2, 0) is 26.2 Å². The van der Waals surface area contributed by atoms with Gasteiger partial charge < -0.3 is 10.0 Å². The van der Waals surface area contributed by atoms with Crippen molar-refractivity contribution < 1.29 is 23.1 Å². The molecule has 1 saturated heterocycles. The van der Waals surface area contributed by atoms with Crippen LogP contribution in [0, 0.1) is 5.92 Å². The van der Waals surface area contributed by atoms with Gasteiger partial charge in [-0.15, -0.1) is 0 Å². The summed E-state index contributed by atoms with van der Waals surface area (Å²) in [5.41, 5.74) is 0.482. The van der Waals surface area contributed by atoms with Crippen molar-refractivity contribution in [1.29, 1.82) is 0 Å². The minimum atomic E-state index is -3.62. The molecule has 0 radical (unpaired) electrons. The monoisotopic (exact) mass is 326 g/mol. The second kappa shape index (κ2) is 6.05.